The van der Waals surface area contributed by atoms with Crippen molar-refractivity contribution in [3.63, 3.8) is 0 Å². The number of carbonyl (C=O) groups is 1. The Balaban J connectivity index is 3.32. The molecule has 0 saturated heterocycles. The zero-order chi connectivity index (χ0) is 16.2. The van der Waals surface area contributed by atoms with E-state index in [0.29, 0.717) is 0 Å². The number of nitro groups is 1. The van der Waals surface area contributed by atoms with Crippen LogP contribution in [0.15, 0.2) is 28.0 Å². The molecule has 8 nitrogen and oxygen atoms in total. The molecule has 1 aromatic carbocycles. The van der Waals surface area contributed by atoms with Crippen molar-refractivity contribution in [2.75, 3.05) is 18.6 Å². The van der Waals surface area contributed by atoms with Gasteiger partial charge in [0.15, 0.2) is 15.6 Å². The summed E-state index contributed by atoms with van der Waals surface area (Å²) in [7, 11) is -5.71. The van der Waals surface area contributed by atoms with Crippen molar-refractivity contribution >= 4 is 32.3 Å². The summed E-state index contributed by atoms with van der Waals surface area (Å²) in [5.41, 5.74) is -0.716. The van der Waals surface area contributed by atoms with E-state index >= 15 is 0 Å². The number of carbonyl (C=O) groups excluding carboxylic acids is 1. The minimum Gasteiger partial charge on any atom is -0.465 e. The topological polar surface area (TPSA) is 121 Å². The second-order valence-corrected chi connectivity index (χ2v) is 7.24. The number of hydrogen-bond donors (Lipinski definition) is 0. The van der Waals surface area contributed by atoms with Crippen LogP contribution >= 0.6 is 0 Å². The molecule has 0 amide bonds. The molecule has 0 N–H and O–H groups in total. The second kappa shape index (κ2) is 6.76. The lowest BCUT2D eigenvalue weighted by Gasteiger charge is -2.06. The molecule has 1 aromatic rings. The van der Waals surface area contributed by atoms with Crippen molar-refractivity contribution in [3.8, 4) is 0 Å². The molecule has 21 heavy (non-hydrogen) atoms. The van der Waals surface area contributed by atoms with Gasteiger partial charge in [0.1, 0.15) is 4.90 Å². The maximum atomic E-state index is 12.0. The van der Waals surface area contributed by atoms with Gasteiger partial charge in [-0.2, -0.15) is 0 Å². The number of ether oxygens (including phenoxy) is 1. The van der Waals surface area contributed by atoms with E-state index < -0.39 is 47.9 Å². The molecule has 0 fully saturated rings. The SMILES string of the molecule is CCOC(=O)CS(=O)(=O)c1ccc([S@@](C)=O)cc1[N+](=O)[O-]. The first kappa shape index (κ1) is 17.2. The first-order valence-corrected chi connectivity index (χ1v) is 8.90. The van der Waals surface area contributed by atoms with Crippen LogP contribution in [0.25, 0.3) is 0 Å². The van der Waals surface area contributed by atoms with Crippen molar-refractivity contribution in [3.05, 3.63) is 28.3 Å². The molecule has 0 heterocycles. The fraction of sp³-hybridized carbons (Fsp3) is 0.364. The number of benzene rings is 1. The zero-order valence-corrected chi connectivity index (χ0v) is 12.9. The van der Waals surface area contributed by atoms with Gasteiger partial charge in [0, 0.05) is 17.2 Å². The Kier molecular flexibility index (Phi) is 5.55. The molecule has 0 saturated carbocycles. The van der Waals surface area contributed by atoms with Crippen LogP contribution < -0.4 is 0 Å². The van der Waals surface area contributed by atoms with Crippen LogP contribution in [0, 0.1) is 10.1 Å². The predicted octanol–water partition coefficient (Wildman–Crippen LogP) is 0.669. The van der Waals surface area contributed by atoms with Crippen LogP contribution in [0.3, 0.4) is 0 Å². The molecule has 0 aromatic heterocycles. The smallest absolute Gasteiger partial charge is 0.321 e. The van der Waals surface area contributed by atoms with Crippen LogP contribution in [0.2, 0.25) is 0 Å². The molecular formula is C11H13NO7S2. The first-order valence-electron chi connectivity index (χ1n) is 5.69. The van der Waals surface area contributed by atoms with E-state index in [1.165, 1.54) is 19.2 Å². The van der Waals surface area contributed by atoms with Gasteiger partial charge in [-0.25, -0.2) is 8.42 Å². The van der Waals surface area contributed by atoms with Crippen LogP contribution in [-0.2, 0) is 30.2 Å². The number of hydrogen-bond acceptors (Lipinski definition) is 7. The summed E-state index contributed by atoms with van der Waals surface area (Å²) in [4.78, 5) is 20.9. The molecule has 0 radical (unpaired) electrons. The number of sulfone groups is 1. The summed E-state index contributed by atoms with van der Waals surface area (Å²) in [5.74, 6) is -1.98. The van der Waals surface area contributed by atoms with Gasteiger partial charge in [-0.1, -0.05) is 0 Å². The fourth-order valence-corrected chi connectivity index (χ4v) is 3.33. The van der Waals surface area contributed by atoms with Gasteiger partial charge in [-0.3, -0.25) is 19.1 Å². The summed E-state index contributed by atoms with van der Waals surface area (Å²) < 4.78 is 39.9. The summed E-state index contributed by atoms with van der Waals surface area (Å²) in [5, 5.41) is 11.0. The zero-order valence-electron chi connectivity index (χ0n) is 11.3. The summed E-state index contributed by atoms with van der Waals surface area (Å²) in [6.45, 7) is 1.52. The third kappa shape index (κ3) is 4.33. The van der Waals surface area contributed by atoms with Gasteiger partial charge in [0.05, 0.1) is 22.3 Å². The van der Waals surface area contributed by atoms with Crippen molar-refractivity contribution in [2.24, 2.45) is 0 Å². The van der Waals surface area contributed by atoms with E-state index in [4.69, 9.17) is 0 Å². The van der Waals surface area contributed by atoms with Crippen LogP contribution in [0.5, 0.6) is 0 Å². The minimum atomic E-state index is -4.22. The van der Waals surface area contributed by atoms with E-state index in [1.807, 2.05) is 0 Å². The maximum Gasteiger partial charge on any atom is 0.321 e. The predicted molar refractivity (Wildman–Crippen MR) is 74.1 cm³/mol. The van der Waals surface area contributed by atoms with E-state index in [-0.39, 0.29) is 11.5 Å². The average molecular weight is 335 g/mol. The summed E-state index contributed by atoms with van der Waals surface area (Å²) >= 11 is 0. The molecule has 116 valence electrons. The van der Waals surface area contributed by atoms with Gasteiger partial charge in [-0.05, 0) is 19.1 Å². The Morgan fingerprint density at radius 1 is 1.43 bits per heavy atom. The molecule has 0 unspecified atom stereocenters. The highest BCUT2D eigenvalue weighted by molar-refractivity contribution is 7.92. The Bertz CT molecular complexity index is 697. The highest BCUT2D eigenvalue weighted by atomic mass is 32.2. The van der Waals surface area contributed by atoms with Crippen LogP contribution in [0.4, 0.5) is 5.69 Å². The van der Waals surface area contributed by atoms with Crippen molar-refractivity contribution in [2.45, 2.75) is 16.7 Å². The largest absolute Gasteiger partial charge is 0.465 e. The van der Waals surface area contributed by atoms with Gasteiger partial charge < -0.3 is 4.74 Å². The number of rotatable bonds is 6. The Morgan fingerprint density at radius 3 is 2.52 bits per heavy atom. The van der Waals surface area contributed by atoms with Crippen molar-refractivity contribution in [1.29, 1.82) is 0 Å². The second-order valence-electron chi connectivity index (χ2n) is 3.90. The lowest BCUT2D eigenvalue weighted by atomic mass is 10.3. The molecule has 0 bridgehead atoms. The highest BCUT2D eigenvalue weighted by Crippen LogP contribution is 2.27. The molecule has 0 aliphatic heterocycles. The van der Waals surface area contributed by atoms with Gasteiger partial charge in [-0.15, -0.1) is 0 Å². The number of nitro benzene ring substituents is 1. The minimum absolute atomic E-state index is 0.00417. The van der Waals surface area contributed by atoms with Crippen molar-refractivity contribution in [1.82, 2.24) is 0 Å². The first-order chi connectivity index (χ1) is 9.69. The standard InChI is InChI=1S/C11H13NO7S2/c1-3-19-11(13)7-21(17,18)10-5-4-8(20(2)16)6-9(10)12(14)15/h4-6H,3,7H2,1-2H3/t20-/m1/s1. The lowest BCUT2D eigenvalue weighted by molar-refractivity contribution is -0.388. The number of nitrogens with zero attached hydrogens (tertiary/aromatic N) is 1. The molecule has 0 aliphatic carbocycles. The lowest BCUT2D eigenvalue weighted by Crippen LogP contribution is -2.19. The molecule has 1 atom stereocenters. The van der Waals surface area contributed by atoms with Crippen LogP contribution in [-0.4, -0.2) is 42.1 Å². The number of esters is 1. The average Bonchev–Trinajstić information content (AvgIpc) is 2.37. The Morgan fingerprint density at radius 2 is 2.05 bits per heavy atom. The van der Waals surface area contributed by atoms with E-state index in [2.05, 4.69) is 4.74 Å². The van der Waals surface area contributed by atoms with E-state index in [0.717, 1.165) is 12.1 Å². The molecular weight excluding hydrogens is 322 g/mol. The summed E-state index contributed by atoms with van der Waals surface area (Å²) in [6.07, 6.45) is 1.31. The Labute approximate surface area is 123 Å². The third-order valence-corrected chi connectivity index (χ3v) is 4.96. The fourth-order valence-electron chi connectivity index (χ4n) is 1.52. The van der Waals surface area contributed by atoms with Crippen LogP contribution in [0.1, 0.15) is 6.92 Å². The van der Waals surface area contributed by atoms with Gasteiger partial charge in [0.25, 0.3) is 5.69 Å². The molecule has 1 rings (SSSR count). The van der Waals surface area contributed by atoms with E-state index in [1.54, 1.807) is 0 Å². The third-order valence-electron chi connectivity index (χ3n) is 2.41. The van der Waals surface area contributed by atoms with Gasteiger partial charge >= 0.3 is 5.97 Å². The van der Waals surface area contributed by atoms with Gasteiger partial charge in [0.2, 0.25) is 0 Å². The maximum absolute atomic E-state index is 12.0. The summed E-state index contributed by atoms with van der Waals surface area (Å²) in [6, 6.07) is 3.11. The quantitative estimate of drug-likeness (QED) is 0.425. The Hall–Kier alpha value is -1.81. The van der Waals surface area contributed by atoms with E-state index in [9.17, 15) is 27.5 Å². The monoisotopic (exact) mass is 335 g/mol. The normalized spacial score (nSPS) is 12.7. The van der Waals surface area contributed by atoms with Crippen molar-refractivity contribution < 1.29 is 27.1 Å². The highest BCUT2D eigenvalue weighted by Gasteiger charge is 2.29. The molecule has 10 heteroatoms. The molecule has 0 aliphatic rings. The molecule has 0 spiro atoms.